The minimum absolute atomic E-state index is 0.0858. The van der Waals surface area contributed by atoms with Gasteiger partial charge in [0.15, 0.2) is 0 Å². The molecule has 1 unspecified atom stereocenters. The molecule has 36 heavy (non-hydrogen) atoms. The molecule has 1 aromatic heterocycles. The molecule has 0 saturated carbocycles. The highest BCUT2D eigenvalue weighted by Gasteiger charge is 2.46. The molecule has 0 radical (unpaired) electrons. The van der Waals surface area contributed by atoms with E-state index in [4.69, 9.17) is 4.74 Å². The lowest BCUT2D eigenvalue weighted by Crippen LogP contribution is -2.54. The molecule has 2 saturated heterocycles. The topological polar surface area (TPSA) is 109 Å². The van der Waals surface area contributed by atoms with Gasteiger partial charge >= 0.3 is 0 Å². The van der Waals surface area contributed by atoms with Crippen LogP contribution in [0.25, 0.3) is 6.08 Å². The Morgan fingerprint density at radius 3 is 2.56 bits per heavy atom. The third-order valence-corrected chi connectivity index (χ3v) is 7.07. The molecule has 186 valence electrons. The van der Waals surface area contributed by atoms with Crippen molar-refractivity contribution in [2.24, 2.45) is 5.92 Å². The molecule has 9 nitrogen and oxygen atoms in total. The fourth-order valence-electron chi connectivity index (χ4n) is 5.03. The fourth-order valence-corrected chi connectivity index (χ4v) is 5.03. The number of benzene rings is 1. The van der Waals surface area contributed by atoms with Crippen LogP contribution >= 0.6 is 0 Å². The first-order valence-corrected chi connectivity index (χ1v) is 12.2. The number of aromatic nitrogens is 1. The van der Waals surface area contributed by atoms with E-state index in [1.165, 1.54) is 5.56 Å². The van der Waals surface area contributed by atoms with Crippen molar-refractivity contribution >= 4 is 29.7 Å². The van der Waals surface area contributed by atoms with Crippen LogP contribution in [0, 0.1) is 5.92 Å². The highest BCUT2D eigenvalue weighted by molar-refractivity contribution is 6.24. The Morgan fingerprint density at radius 1 is 1.06 bits per heavy atom. The zero-order valence-electron chi connectivity index (χ0n) is 19.9. The second-order valence-corrected chi connectivity index (χ2v) is 9.45. The number of rotatable bonds is 7. The molecule has 4 amide bonds. The van der Waals surface area contributed by atoms with E-state index in [1.807, 2.05) is 12.3 Å². The van der Waals surface area contributed by atoms with E-state index >= 15 is 0 Å². The molecule has 0 spiro atoms. The summed E-state index contributed by atoms with van der Waals surface area (Å²) in [7, 11) is 0. The maximum Gasteiger partial charge on any atom is 0.266 e. The van der Waals surface area contributed by atoms with E-state index in [0.717, 1.165) is 43.1 Å². The van der Waals surface area contributed by atoms with Gasteiger partial charge in [-0.25, -0.2) is 0 Å². The van der Waals surface area contributed by atoms with Gasteiger partial charge in [-0.1, -0.05) is 18.7 Å². The molecule has 2 fully saturated rings. The summed E-state index contributed by atoms with van der Waals surface area (Å²) in [5.74, 6) is -1.41. The van der Waals surface area contributed by atoms with Crippen molar-refractivity contribution in [1.29, 1.82) is 0 Å². The van der Waals surface area contributed by atoms with Crippen LogP contribution in [0.1, 0.15) is 57.7 Å². The first-order chi connectivity index (χ1) is 17.4. The van der Waals surface area contributed by atoms with Crippen LogP contribution in [-0.2, 0) is 16.1 Å². The monoisotopic (exact) mass is 488 g/mol. The number of likely N-dealkylation sites (tertiary alicyclic amines) is 1. The molecular formula is C27H28N4O5. The molecular weight excluding hydrogens is 460 g/mol. The summed E-state index contributed by atoms with van der Waals surface area (Å²) in [5.41, 5.74) is 2.45. The molecule has 1 atom stereocenters. The van der Waals surface area contributed by atoms with Gasteiger partial charge in [0.05, 0.1) is 23.4 Å². The third-order valence-electron chi connectivity index (χ3n) is 7.07. The lowest BCUT2D eigenvalue weighted by Gasteiger charge is -2.32. The Labute approximate surface area is 209 Å². The van der Waals surface area contributed by atoms with E-state index in [1.54, 1.807) is 24.3 Å². The minimum Gasteiger partial charge on any atom is -0.492 e. The van der Waals surface area contributed by atoms with Crippen molar-refractivity contribution in [3.63, 3.8) is 0 Å². The Morgan fingerprint density at radius 2 is 1.86 bits per heavy atom. The molecule has 2 aromatic rings. The Hall–Kier alpha value is -3.85. The van der Waals surface area contributed by atoms with Crippen LogP contribution in [0.2, 0.25) is 0 Å². The summed E-state index contributed by atoms with van der Waals surface area (Å²) in [6, 6.07) is 7.99. The van der Waals surface area contributed by atoms with Crippen LogP contribution in [0.4, 0.5) is 0 Å². The van der Waals surface area contributed by atoms with Crippen LogP contribution in [-0.4, -0.2) is 64.2 Å². The highest BCUT2D eigenvalue weighted by atomic mass is 16.5. The fraction of sp³-hybridized carbons (Fsp3) is 0.370. The molecule has 0 bridgehead atoms. The number of fused-ring (bicyclic) bond motifs is 1. The van der Waals surface area contributed by atoms with Gasteiger partial charge in [0, 0.05) is 19.2 Å². The number of ether oxygens (including phenoxy) is 1. The van der Waals surface area contributed by atoms with Gasteiger partial charge in [0.25, 0.3) is 11.8 Å². The van der Waals surface area contributed by atoms with E-state index in [0.29, 0.717) is 18.3 Å². The normalized spacial score (nSPS) is 20.9. The van der Waals surface area contributed by atoms with Crippen LogP contribution in [0.5, 0.6) is 5.75 Å². The second kappa shape index (κ2) is 10.0. The quantitative estimate of drug-likeness (QED) is 0.596. The minimum atomic E-state index is -0.990. The summed E-state index contributed by atoms with van der Waals surface area (Å²) in [5, 5.41) is 2.21. The SMILES string of the molecule is C=Cc1ccc(CN2CCC(COc3cccc4c3C(=O)N(C3CCC(=O)NC3=O)C4=O)CC2)cn1. The molecule has 0 aliphatic carbocycles. The molecule has 1 N–H and O–H groups in total. The lowest BCUT2D eigenvalue weighted by atomic mass is 9.97. The zero-order chi connectivity index (χ0) is 25.2. The van der Waals surface area contributed by atoms with Gasteiger partial charge in [-0.15, -0.1) is 0 Å². The summed E-state index contributed by atoms with van der Waals surface area (Å²) >= 11 is 0. The van der Waals surface area contributed by atoms with Gasteiger partial charge in [-0.05, 0) is 68.1 Å². The van der Waals surface area contributed by atoms with Gasteiger partial charge in [0.2, 0.25) is 11.8 Å². The average molecular weight is 489 g/mol. The number of amides is 4. The number of nitrogens with zero attached hydrogens (tertiary/aromatic N) is 3. The van der Waals surface area contributed by atoms with Crippen molar-refractivity contribution < 1.29 is 23.9 Å². The number of hydrogen-bond donors (Lipinski definition) is 1. The Bertz CT molecular complexity index is 1220. The number of nitrogens with one attached hydrogen (secondary N) is 1. The maximum absolute atomic E-state index is 13.2. The van der Waals surface area contributed by atoms with Gasteiger partial charge in [-0.3, -0.25) is 39.3 Å². The summed E-state index contributed by atoms with van der Waals surface area (Å²) < 4.78 is 6.07. The standard InChI is InChI=1S/C27H28N4O5/c1-2-19-7-6-18(14-28-19)15-30-12-10-17(11-13-30)16-36-22-5-3-4-20-24(22)27(35)31(26(20)34)21-8-9-23(32)29-25(21)33/h2-7,14,17,21H,1,8-13,15-16H2,(H,29,32,33). The van der Waals surface area contributed by atoms with Crippen LogP contribution in [0.15, 0.2) is 43.1 Å². The number of piperidine rings is 2. The largest absolute Gasteiger partial charge is 0.492 e. The van der Waals surface area contributed by atoms with Gasteiger partial charge in [0.1, 0.15) is 11.8 Å². The number of imide groups is 2. The highest BCUT2D eigenvalue weighted by Crippen LogP contribution is 2.34. The number of carbonyl (C=O) groups excluding carboxylic acids is 4. The van der Waals surface area contributed by atoms with Gasteiger partial charge in [-0.2, -0.15) is 0 Å². The van der Waals surface area contributed by atoms with Crippen molar-refractivity contribution in [2.75, 3.05) is 19.7 Å². The van der Waals surface area contributed by atoms with Crippen LogP contribution < -0.4 is 10.1 Å². The predicted molar refractivity (Wildman–Crippen MR) is 131 cm³/mol. The summed E-state index contributed by atoms with van der Waals surface area (Å²) in [4.78, 5) is 57.7. The number of carbonyl (C=O) groups is 4. The van der Waals surface area contributed by atoms with Crippen molar-refractivity contribution in [2.45, 2.75) is 38.3 Å². The van der Waals surface area contributed by atoms with Crippen molar-refractivity contribution in [1.82, 2.24) is 20.1 Å². The van der Waals surface area contributed by atoms with Crippen molar-refractivity contribution in [3.8, 4) is 5.75 Å². The average Bonchev–Trinajstić information content (AvgIpc) is 3.14. The van der Waals surface area contributed by atoms with Gasteiger partial charge < -0.3 is 4.74 Å². The van der Waals surface area contributed by atoms with E-state index in [2.05, 4.69) is 27.8 Å². The summed E-state index contributed by atoms with van der Waals surface area (Å²) in [6.07, 6.45) is 5.75. The lowest BCUT2D eigenvalue weighted by molar-refractivity contribution is -0.136. The number of pyridine rings is 1. The first-order valence-electron chi connectivity index (χ1n) is 12.2. The Balaban J connectivity index is 1.19. The van der Waals surface area contributed by atoms with Crippen molar-refractivity contribution in [3.05, 3.63) is 65.5 Å². The first kappa shape index (κ1) is 23.9. The molecule has 3 aliphatic heterocycles. The molecule has 3 aliphatic rings. The molecule has 1 aromatic carbocycles. The molecule has 5 rings (SSSR count). The third kappa shape index (κ3) is 4.66. The van der Waals surface area contributed by atoms with E-state index in [-0.39, 0.29) is 24.0 Å². The zero-order valence-corrected chi connectivity index (χ0v) is 19.9. The number of hydrogen-bond acceptors (Lipinski definition) is 7. The smallest absolute Gasteiger partial charge is 0.266 e. The van der Waals surface area contributed by atoms with Crippen LogP contribution in [0.3, 0.4) is 0 Å². The summed E-state index contributed by atoms with van der Waals surface area (Å²) in [6.45, 7) is 6.89. The maximum atomic E-state index is 13.2. The second-order valence-electron chi connectivity index (χ2n) is 9.45. The van der Waals surface area contributed by atoms with E-state index < -0.39 is 29.7 Å². The molecule has 9 heteroatoms. The Kier molecular flexibility index (Phi) is 6.65. The predicted octanol–water partition coefficient (Wildman–Crippen LogP) is 2.42. The molecule has 4 heterocycles. The van der Waals surface area contributed by atoms with E-state index in [9.17, 15) is 19.2 Å².